The summed E-state index contributed by atoms with van der Waals surface area (Å²) in [6.07, 6.45) is 6.34. The first-order valence-corrected chi connectivity index (χ1v) is 3.58. The fourth-order valence-electron chi connectivity index (χ4n) is 1.44. The Bertz CT molecular complexity index is 70.4. The summed E-state index contributed by atoms with van der Waals surface area (Å²) in [4.78, 5) is 0. The molecule has 1 nitrogen and oxygen atoms in total. The van der Waals surface area contributed by atoms with Gasteiger partial charge in [0, 0.05) is 6.61 Å². The highest BCUT2D eigenvalue weighted by molar-refractivity contribution is 4.81. The lowest BCUT2D eigenvalue weighted by atomic mass is 9.79. The molecule has 1 heterocycles. The van der Waals surface area contributed by atoms with Crippen LogP contribution in [0, 0.1) is 5.92 Å². The molecule has 0 N–H and O–H groups in total. The van der Waals surface area contributed by atoms with Crippen molar-refractivity contribution in [3.63, 3.8) is 0 Å². The molecule has 8 heavy (non-hydrogen) atoms. The Balaban J connectivity index is 1.79. The molecule has 2 aliphatic rings. The summed E-state index contributed by atoms with van der Waals surface area (Å²) in [5.74, 6) is 0.962. The number of hydrogen-bond acceptors (Lipinski definition) is 1. The van der Waals surface area contributed by atoms with Crippen LogP contribution in [-0.2, 0) is 4.74 Å². The molecule has 1 aliphatic carbocycles. The van der Waals surface area contributed by atoms with E-state index in [1.165, 1.54) is 25.7 Å². The second-order valence-corrected chi connectivity index (χ2v) is 2.89. The monoisotopic (exact) mass is 112 g/mol. The van der Waals surface area contributed by atoms with Gasteiger partial charge in [-0.1, -0.05) is 6.42 Å². The molecule has 0 amide bonds. The van der Waals surface area contributed by atoms with E-state index in [1.807, 2.05) is 0 Å². The van der Waals surface area contributed by atoms with E-state index in [-0.39, 0.29) is 0 Å². The number of hydrogen-bond donors (Lipinski definition) is 0. The van der Waals surface area contributed by atoms with Crippen molar-refractivity contribution in [2.24, 2.45) is 5.92 Å². The van der Waals surface area contributed by atoms with Gasteiger partial charge < -0.3 is 4.74 Å². The van der Waals surface area contributed by atoms with Crippen LogP contribution in [0.15, 0.2) is 0 Å². The maximum atomic E-state index is 5.33. The molecule has 0 spiro atoms. The maximum absolute atomic E-state index is 5.33. The molecular formula is C7H12O. The van der Waals surface area contributed by atoms with Gasteiger partial charge in [-0.15, -0.1) is 0 Å². The zero-order valence-electron chi connectivity index (χ0n) is 5.10. The minimum atomic E-state index is 0.684. The molecular weight excluding hydrogens is 100 g/mol. The Morgan fingerprint density at radius 2 is 1.88 bits per heavy atom. The summed E-state index contributed by atoms with van der Waals surface area (Å²) in [6.45, 7) is 1.03. The highest BCUT2D eigenvalue weighted by Crippen LogP contribution is 2.35. The topological polar surface area (TPSA) is 9.23 Å². The van der Waals surface area contributed by atoms with Crippen molar-refractivity contribution in [1.82, 2.24) is 0 Å². The van der Waals surface area contributed by atoms with Crippen LogP contribution in [0.1, 0.15) is 25.7 Å². The molecule has 1 heteroatoms. The SMILES string of the molecule is C1CC(C2CCO2)C1. The van der Waals surface area contributed by atoms with Crippen molar-refractivity contribution in [2.75, 3.05) is 6.61 Å². The quantitative estimate of drug-likeness (QED) is 0.500. The second kappa shape index (κ2) is 1.73. The Labute approximate surface area is 50.0 Å². The molecule has 0 radical (unpaired) electrons. The molecule has 1 saturated heterocycles. The minimum absolute atomic E-state index is 0.684. The third-order valence-corrected chi connectivity index (χ3v) is 2.41. The standard InChI is InChI=1S/C7H12O/c1-2-6(3-1)7-4-5-8-7/h6-7H,1-5H2. The van der Waals surface area contributed by atoms with Gasteiger partial charge in [-0.25, -0.2) is 0 Å². The predicted molar refractivity (Wildman–Crippen MR) is 31.7 cm³/mol. The first kappa shape index (κ1) is 4.80. The van der Waals surface area contributed by atoms with E-state index in [1.54, 1.807) is 0 Å². The van der Waals surface area contributed by atoms with Crippen molar-refractivity contribution in [3.05, 3.63) is 0 Å². The molecule has 1 aliphatic heterocycles. The highest BCUT2D eigenvalue weighted by Gasteiger charge is 2.31. The summed E-state index contributed by atoms with van der Waals surface area (Å²) >= 11 is 0. The van der Waals surface area contributed by atoms with E-state index in [9.17, 15) is 0 Å². The molecule has 1 atom stereocenters. The summed E-state index contributed by atoms with van der Waals surface area (Å²) in [7, 11) is 0. The van der Waals surface area contributed by atoms with Gasteiger partial charge in [0.15, 0.2) is 0 Å². The molecule has 1 unspecified atom stereocenters. The van der Waals surface area contributed by atoms with E-state index in [0.717, 1.165) is 12.5 Å². The largest absolute Gasteiger partial charge is 0.378 e. The van der Waals surface area contributed by atoms with Gasteiger partial charge in [0.2, 0.25) is 0 Å². The van der Waals surface area contributed by atoms with E-state index < -0.39 is 0 Å². The van der Waals surface area contributed by atoms with Crippen LogP contribution in [0.4, 0.5) is 0 Å². The zero-order valence-corrected chi connectivity index (χ0v) is 5.10. The van der Waals surface area contributed by atoms with Crippen molar-refractivity contribution in [3.8, 4) is 0 Å². The normalized spacial score (nSPS) is 38.2. The lowest BCUT2D eigenvalue weighted by Crippen LogP contribution is -2.37. The fourth-order valence-corrected chi connectivity index (χ4v) is 1.44. The summed E-state index contributed by atoms with van der Waals surface area (Å²) in [6, 6.07) is 0. The number of ether oxygens (including phenoxy) is 1. The smallest absolute Gasteiger partial charge is 0.0625 e. The van der Waals surface area contributed by atoms with Crippen molar-refractivity contribution >= 4 is 0 Å². The van der Waals surface area contributed by atoms with E-state index in [2.05, 4.69) is 0 Å². The van der Waals surface area contributed by atoms with Gasteiger partial charge in [-0.05, 0) is 25.2 Å². The lowest BCUT2D eigenvalue weighted by Gasteiger charge is -2.39. The average Bonchev–Trinajstić information content (AvgIpc) is 1.47. The van der Waals surface area contributed by atoms with Crippen LogP contribution in [0.25, 0.3) is 0 Å². The average molecular weight is 112 g/mol. The molecule has 0 aromatic rings. The van der Waals surface area contributed by atoms with Crippen molar-refractivity contribution in [2.45, 2.75) is 31.8 Å². The molecule has 2 fully saturated rings. The van der Waals surface area contributed by atoms with Gasteiger partial charge in [-0.3, -0.25) is 0 Å². The molecule has 2 rings (SSSR count). The third-order valence-electron chi connectivity index (χ3n) is 2.41. The second-order valence-electron chi connectivity index (χ2n) is 2.89. The lowest BCUT2D eigenvalue weighted by molar-refractivity contribution is -0.102. The summed E-state index contributed by atoms with van der Waals surface area (Å²) in [5, 5.41) is 0. The maximum Gasteiger partial charge on any atom is 0.0625 e. The first-order chi connectivity index (χ1) is 3.97. The van der Waals surface area contributed by atoms with Crippen LogP contribution < -0.4 is 0 Å². The van der Waals surface area contributed by atoms with Crippen LogP contribution in [-0.4, -0.2) is 12.7 Å². The fraction of sp³-hybridized carbons (Fsp3) is 1.00. The summed E-state index contributed by atoms with van der Waals surface area (Å²) in [5.41, 5.74) is 0. The molecule has 0 aromatic carbocycles. The van der Waals surface area contributed by atoms with Gasteiger partial charge in [-0.2, -0.15) is 0 Å². The van der Waals surface area contributed by atoms with E-state index in [4.69, 9.17) is 4.74 Å². The van der Waals surface area contributed by atoms with E-state index >= 15 is 0 Å². The zero-order chi connectivity index (χ0) is 5.40. The first-order valence-electron chi connectivity index (χ1n) is 3.58. The minimum Gasteiger partial charge on any atom is -0.378 e. The van der Waals surface area contributed by atoms with Crippen molar-refractivity contribution < 1.29 is 4.74 Å². The van der Waals surface area contributed by atoms with E-state index in [0.29, 0.717) is 6.10 Å². The van der Waals surface area contributed by atoms with Gasteiger partial charge >= 0.3 is 0 Å². The molecule has 1 saturated carbocycles. The van der Waals surface area contributed by atoms with Crippen LogP contribution >= 0.6 is 0 Å². The van der Waals surface area contributed by atoms with Crippen LogP contribution in [0.3, 0.4) is 0 Å². The highest BCUT2D eigenvalue weighted by atomic mass is 16.5. The number of rotatable bonds is 1. The Morgan fingerprint density at radius 1 is 1.12 bits per heavy atom. The summed E-state index contributed by atoms with van der Waals surface area (Å²) < 4.78 is 5.33. The Hall–Kier alpha value is -0.0400. The Kier molecular flexibility index (Phi) is 1.04. The molecule has 46 valence electrons. The van der Waals surface area contributed by atoms with Crippen molar-refractivity contribution in [1.29, 1.82) is 0 Å². The molecule has 0 bridgehead atoms. The predicted octanol–water partition coefficient (Wildman–Crippen LogP) is 1.58. The van der Waals surface area contributed by atoms with Gasteiger partial charge in [0.05, 0.1) is 6.10 Å². The van der Waals surface area contributed by atoms with Gasteiger partial charge in [0.25, 0.3) is 0 Å². The molecule has 0 aromatic heterocycles. The third kappa shape index (κ3) is 0.576. The van der Waals surface area contributed by atoms with Crippen LogP contribution in [0.2, 0.25) is 0 Å². The Morgan fingerprint density at radius 3 is 2.00 bits per heavy atom. The van der Waals surface area contributed by atoms with Crippen LogP contribution in [0.5, 0.6) is 0 Å². The van der Waals surface area contributed by atoms with Gasteiger partial charge in [0.1, 0.15) is 0 Å².